The van der Waals surface area contributed by atoms with Gasteiger partial charge in [-0.15, -0.1) is 0 Å². The van der Waals surface area contributed by atoms with Crippen LogP contribution in [-0.4, -0.2) is 49.3 Å². The number of ether oxygens (including phenoxy) is 2. The number of esters is 2. The molecule has 0 amide bonds. The van der Waals surface area contributed by atoms with Crippen LogP contribution in [0.1, 0.15) is 206 Å². The minimum atomic E-state index is -4.37. The van der Waals surface area contributed by atoms with Gasteiger partial charge in [-0.25, -0.2) is 4.57 Å². The van der Waals surface area contributed by atoms with Crippen molar-refractivity contribution in [2.45, 2.75) is 213 Å². The monoisotopic (exact) mass is 772 g/mol. The van der Waals surface area contributed by atoms with Crippen molar-refractivity contribution in [1.29, 1.82) is 0 Å². The van der Waals surface area contributed by atoms with Gasteiger partial charge in [-0.05, 0) is 64.2 Å². The predicted octanol–water partition coefficient (Wildman–Crippen LogP) is 12.4. The Kier molecular flexibility index (Phi) is 39.0. The number of allylic oxidation sites excluding steroid dienone is 4. The highest BCUT2D eigenvalue weighted by atomic mass is 31.2. The van der Waals surface area contributed by atoms with Crippen molar-refractivity contribution in [3.05, 3.63) is 24.3 Å². The second-order valence-corrected chi connectivity index (χ2v) is 16.0. The number of carbonyl (C=O) groups is 2. The van der Waals surface area contributed by atoms with Gasteiger partial charge in [0.05, 0.1) is 13.2 Å². The van der Waals surface area contributed by atoms with Crippen molar-refractivity contribution in [2.75, 3.05) is 26.4 Å². The lowest BCUT2D eigenvalue weighted by atomic mass is 10.1. The summed E-state index contributed by atoms with van der Waals surface area (Å²) in [5, 5.41) is 0. The molecular weight excluding hydrogens is 689 g/mol. The predicted molar refractivity (Wildman–Crippen MR) is 220 cm³/mol. The number of phosphoric acid groups is 1. The molecule has 2 atom stereocenters. The van der Waals surface area contributed by atoms with E-state index in [1.807, 2.05) is 0 Å². The lowest BCUT2D eigenvalue weighted by Gasteiger charge is -2.19. The van der Waals surface area contributed by atoms with E-state index in [9.17, 15) is 19.0 Å². The summed E-state index contributed by atoms with van der Waals surface area (Å²) in [5.41, 5.74) is 5.34. The van der Waals surface area contributed by atoms with E-state index in [-0.39, 0.29) is 38.6 Å². The Bertz CT molecular complexity index is 928. The third-order valence-electron chi connectivity index (χ3n) is 9.31. The first-order valence-electron chi connectivity index (χ1n) is 21.8. The van der Waals surface area contributed by atoms with Gasteiger partial charge in [0.2, 0.25) is 0 Å². The maximum absolute atomic E-state index is 12.6. The van der Waals surface area contributed by atoms with E-state index in [0.717, 1.165) is 51.4 Å². The number of phosphoric ester groups is 1. The Balaban J connectivity index is 4.14. The van der Waals surface area contributed by atoms with Crippen molar-refractivity contribution >= 4 is 19.8 Å². The van der Waals surface area contributed by atoms with E-state index in [1.54, 1.807) is 0 Å². The van der Waals surface area contributed by atoms with Crippen molar-refractivity contribution < 1.29 is 37.6 Å². The fourth-order valence-electron chi connectivity index (χ4n) is 6.04. The number of nitrogens with two attached hydrogens (primary N) is 1. The molecule has 0 aliphatic carbocycles. The molecule has 0 radical (unpaired) electrons. The Morgan fingerprint density at radius 3 is 1.36 bits per heavy atom. The summed E-state index contributed by atoms with van der Waals surface area (Å²) in [6.45, 7) is 3.72. The van der Waals surface area contributed by atoms with Crippen molar-refractivity contribution in [1.82, 2.24) is 0 Å². The van der Waals surface area contributed by atoms with Gasteiger partial charge in [-0.3, -0.25) is 18.6 Å². The van der Waals surface area contributed by atoms with Gasteiger partial charge in [-0.1, -0.05) is 154 Å². The van der Waals surface area contributed by atoms with Gasteiger partial charge in [0, 0.05) is 19.4 Å². The SMILES string of the molecule is CCCCCC/C=C/CCCCCCCCCCCC(=O)OC[C@H](COP(=O)(O)OCCN)OC(=O)CCCCCCC/C=C/CCCCCCCC. The van der Waals surface area contributed by atoms with E-state index in [2.05, 4.69) is 38.2 Å². The molecule has 0 bridgehead atoms. The van der Waals surface area contributed by atoms with Crippen LogP contribution in [0.4, 0.5) is 0 Å². The first-order valence-corrected chi connectivity index (χ1v) is 23.3. The van der Waals surface area contributed by atoms with Gasteiger partial charge in [0.25, 0.3) is 0 Å². The zero-order valence-electron chi connectivity index (χ0n) is 34.3. The fourth-order valence-corrected chi connectivity index (χ4v) is 6.80. The summed E-state index contributed by atoms with van der Waals surface area (Å²) < 4.78 is 32.8. The largest absolute Gasteiger partial charge is 0.472 e. The van der Waals surface area contributed by atoms with Gasteiger partial charge in [-0.2, -0.15) is 0 Å². The molecule has 0 aliphatic heterocycles. The summed E-state index contributed by atoms with van der Waals surface area (Å²) in [6, 6.07) is 0. The summed E-state index contributed by atoms with van der Waals surface area (Å²) in [6.07, 6.45) is 42.0. The van der Waals surface area contributed by atoms with E-state index in [4.69, 9.17) is 24.3 Å². The number of rotatable bonds is 41. The molecule has 1 unspecified atom stereocenters. The highest BCUT2D eigenvalue weighted by Gasteiger charge is 2.26. The smallest absolute Gasteiger partial charge is 0.462 e. The molecule has 0 saturated heterocycles. The van der Waals surface area contributed by atoms with E-state index in [0.29, 0.717) is 6.42 Å². The lowest BCUT2D eigenvalue weighted by Crippen LogP contribution is -2.29. The second-order valence-electron chi connectivity index (χ2n) is 14.6. The van der Waals surface area contributed by atoms with Gasteiger partial charge in [0.1, 0.15) is 6.61 Å². The van der Waals surface area contributed by atoms with Crippen LogP contribution in [0.2, 0.25) is 0 Å². The molecule has 10 heteroatoms. The van der Waals surface area contributed by atoms with Crippen molar-refractivity contribution in [3.63, 3.8) is 0 Å². The quantitative estimate of drug-likeness (QED) is 0.0269. The van der Waals surface area contributed by atoms with Crippen LogP contribution in [-0.2, 0) is 32.7 Å². The summed E-state index contributed by atoms with van der Waals surface area (Å²) in [7, 11) is -4.37. The van der Waals surface area contributed by atoms with Crippen LogP contribution >= 0.6 is 7.82 Å². The summed E-state index contributed by atoms with van der Waals surface area (Å²) in [4.78, 5) is 34.8. The number of carbonyl (C=O) groups excluding carboxylic acids is 2. The molecule has 0 aromatic carbocycles. The molecule has 0 aliphatic rings. The maximum Gasteiger partial charge on any atom is 0.472 e. The molecule has 0 spiro atoms. The molecule has 312 valence electrons. The fraction of sp³-hybridized carbons (Fsp3) is 0.860. The average molecular weight is 772 g/mol. The lowest BCUT2D eigenvalue weighted by molar-refractivity contribution is -0.161. The molecule has 0 aromatic heterocycles. The highest BCUT2D eigenvalue weighted by Crippen LogP contribution is 2.43. The zero-order valence-corrected chi connectivity index (χ0v) is 35.2. The molecule has 0 rings (SSSR count). The molecule has 3 N–H and O–H groups in total. The summed E-state index contributed by atoms with van der Waals surface area (Å²) >= 11 is 0. The molecule has 53 heavy (non-hydrogen) atoms. The standard InChI is InChI=1S/C43H82NO8P/c1-3-5-7-9-11-13-15-17-19-20-22-23-25-27-29-31-33-35-42(45)49-39-41(40-51-53(47,48)50-38-37-44)52-43(46)36-34-32-30-28-26-24-21-18-16-14-12-10-8-6-4-2/h13,15,18,21,41H,3-12,14,16-17,19-20,22-40,44H2,1-2H3,(H,47,48)/b15-13+,21-18+/t41-/m1/s1. The van der Waals surface area contributed by atoms with Crippen LogP contribution < -0.4 is 5.73 Å². The minimum absolute atomic E-state index is 0.0529. The highest BCUT2D eigenvalue weighted by molar-refractivity contribution is 7.47. The molecular formula is C43H82NO8P. The zero-order chi connectivity index (χ0) is 38.9. The molecule has 9 nitrogen and oxygen atoms in total. The molecule has 0 saturated carbocycles. The Hall–Kier alpha value is -1.51. The maximum atomic E-state index is 12.6. The normalized spacial score (nSPS) is 13.5. The van der Waals surface area contributed by atoms with Crippen LogP contribution in [0, 0.1) is 0 Å². The first kappa shape index (κ1) is 51.5. The number of unbranched alkanes of at least 4 members (excludes halogenated alkanes) is 24. The van der Waals surface area contributed by atoms with E-state index in [1.165, 1.54) is 122 Å². The first-order chi connectivity index (χ1) is 25.8. The molecule has 0 aromatic rings. The van der Waals surface area contributed by atoms with Gasteiger partial charge >= 0.3 is 19.8 Å². The number of hydrogen-bond acceptors (Lipinski definition) is 8. The molecule has 0 fully saturated rings. The Morgan fingerprint density at radius 2 is 0.925 bits per heavy atom. The van der Waals surface area contributed by atoms with E-state index < -0.39 is 26.5 Å². The summed E-state index contributed by atoms with van der Waals surface area (Å²) in [5.74, 6) is -0.835. The van der Waals surface area contributed by atoms with E-state index >= 15 is 0 Å². The van der Waals surface area contributed by atoms with Gasteiger partial charge in [0.15, 0.2) is 6.10 Å². The van der Waals surface area contributed by atoms with Crippen LogP contribution in [0.3, 0.4) is 0 Å². The molecule has 0 heterocycles. The Morgan fingerprint density at radius 1 is 0.547 bits per heavy atom. The Labute approximate surface area is 325 Å². The van der Waals surface area contributed by atoms with Crippen LogP contribution in [0.25, 0.3) is 0 Å². The minimum Gasteiger partial charge on any atom is -0.462 e. The topological polar surface area (TPSA) is 134 Å². The van der Waals surface area contributed by atoms with Gasteiger partial charge < -0.3 is 20.1 Å². The second kappa shape index (κ2) is 40.2. The van der Waals surface area contributed by atoms with Crippen molar-refractivity contribution in [2.24, 2.45) is 5.73 Å². The van der Waals surface area contributed by atoms with Crippen LogP contribution in [0.15, 0.2) is 24.3 Å². The number of hydrogen-bond donors (Lipinski definition) is 2. The van der Waals surface area contributed by atoms with Crippen molar-refractivity contribution in [3.8, 4) is 0 Å². The third kappa shape index (κ3) is 40.0. The third-order valence-corrected chi connectivity index (χ3v) is 10.3. The van der Waals surface area contributed by atoms with Crippen LogP contribution in [0.5, 0.6) is 0 Å². The average Bonchev–Trinajstić information content (AvgIpc) is 3.14.